The van der Waals surface area contributed by atoms with Gasteiger partial charge in [0, 0.05) is 18.4 Å². The van der Waals surface area contributed by atoms with Gasteiger partial charge in [0.25, 0.3) is 0 Å². The molecule has 1 aromatic heterocycles. The lowest BCUT2D eigenvalue weighted by atomic mass is 9.93. The number of benzene rings is 1. The Labute approximate surface area is 231 Å². The number of nitrogens with zero attached hydrogens (tertiary/aromatic N) is 2. The molecule has 1 saturated carbocycles. The monoisotopic (exact) mass is 564 g/mol. The van der Waals surface area contributed by atoms with Crippen molar-refractivity contribution in [2.24, 2.45) is 0 Å². The van der Waals surface area contributed by atoms with E-state index >= 15 is 0 Å². The highest BCUT2D eigenvalue weighted by atomic mass is 19.4. The van der Waals surface area contributed by atoms with Crippen molar-refractivity contribution in [2.75, 3.05) is 18.4 Å². The molecule has 1 saturated heterocycles. The second-order valence-electron chi connectivity index (χ2n) is 11.1. The summed E-state index contributed by atoms with van der Waals surface area (Å²) in [6.07, 6.45) is 0.836. The quantitative estimate of drug-likeness (QED) is 0.444. The van der Waals surface area contributed by atoms with Gasteiger partial charge in [-0.1, -0.05) is 0 Å². The van der Waals surface area contributed by atoms with Gasteiger partial charge in [-0.25, -0.2) is 9.59 Å². The number of hydrogen-bond donors (Lipinski definition) is 2. The zero-order valence-corrected chi connectivity index (χ0v) is 22.8. The van der Waals surface area contributed by atoms with Crippen LogP contribution in [0.1, 0.15) is 57.6 Å². The van der Waals surface area contributed by atoms with Crippen LogP contribution in [-0.4, -0.2) is 58.9 Å². The van der Waals surface area contributed by atoms with Crippen LogP contribution in [0.25, 0.3) is 0 Å². The van der Waals surface area contributed by atoms with Gasteiger partial charge >= 0.3 is 18.3 Å². The summed E-state index contributed by atoms with van der Waals surface area (Å²) < 4.78 is 57.3. The van der Waals surface area contributed by atoms with E-state index in [4.69, 9.17) is 14.2 Å². The molecule has 0 unspecified atom stereocenters. The zero-order chi connectivity index (χ0) is 28.9. The third-order valence-corrected chi connectivity index (χ3v) is 6.59. The normalized spacial score (nSPS) is 19.9. The number of amides is 3. The average molecular weight is 565 g/mol. The van der Waals surface area contributed by atoms with Crippen LogP contribution in [0.15, 0.2) is 42.7 Å². The Balaban J connectivity index is 1.30. The van der Waals surface area contributed by atoms with Crippen LogP contribution in [-0.2, 0) is 22.3 Å². The first-order valence-electron chi connectivity index (χ1n) is 13.3. The molecule has 3 amide bonds. The molecule has 1 aliphatic carbocycles. The smallest absolute Gasteiger partial charge is 0.416 e. The molecule has 2 fully saturated rings. The predicted molar refractivity (Wildman–Crippen MR) is 141 cm³/mol. The second kappa shape index (κ2) is 12.3. The Bertz CT molecular complexity index is 1160. The van der Waals surface area contributed by atoms with Crippen molar-refractivity contribution >= 4 is 17.8 Å². The number of rotatable bonds is 7. The number of ether oxygens (including phenoxy) is 3. The summed E-state index contributed by atoms with van der Waals surface area (Å²) in [5.74, 6) is 0.0882. The Morgan fingerprint density at radius 3 is 2.30 bits per heavy atom. The average Bonchev–Trinajstić information content (AvgIpc) is 2.85. The number of halogens is 3. The van der Waals surface area contributed by atoms with Crippen LogP contribution >= 0.6 is 0 Å². The molecule has 12 heteroatoms. The van der Waals surface area contributed by atoms with Crippen LogP contribution in [0.3, 0.4) is 0 Å². The minimum atomic E-state index is -4.59. The van der Waals surface area contributed by atoms with E-state index in [2.05, 4.69) is 15.6 Å². The maximum atomic E-state index is 13.4. The fourth-order valence-corrected chi connectivity index (χ4v) is 4.49. The van der Waals surface area contributed by atoms with E-state index in [1.54, 1.807) is 33.2 Å². The molecule has 0 radical (unpaired) electrons. The molecule has 40 heavy (non-hydrogen) atoms. The molecular weight excluding hydrogens is 529 g/mol. The molecule has 2 aliphatic rings. The largest absolute Gasteiger partial charge is 0.485 e. The number of urea groups is 1. The van der Waals surface area contributed by atoms with Crippen LogP contribution in [0.5, 0.6) is 5.75 Å². The van der Waals surface area contributed by atoms with E-state index in [0.717, 1.165) is 30.5 Å². The summed E-state index contributed by atoms with van der Waals surface area (Å²) in [6, 6.07) is 5.97. The highest BCUT2D eigenvalue weighted by Gasteiger charge is 2.36. The molecule has 4 rings (SSSR count). The van der Waals surface area contributed by atoms with Gasteiger partial charge in [0.1, 0.15) is 17.5 Å². The number of anilines is 1. The van der Waals surface area contributed by atoms with Crippen molar-refractivity contribution in [1.82, 2.24) is 15.2 Å². The van der Waals surface area contributed by atoms with E-state index in [1.807, 2.05) is 12.1 Å². The fraction of sp³-hybridized carbons (Fsp3) is 0.536. The van der Waals surface area contributed by atoms with Gasteiger partial charge in [-0.3, -0.25) is 4.98 Å². The number of aromatic nitrogens is 1. The molecule has 9 nitrogen and oxygen atoms in total. The summed E-state index contributed by atoms with van der Waals surface area (Å²) in [4.78, 5) is 30.4. The van der Waals surface area contributed by atoms with E-state index in [-0.39, 0.29) is 36.7 Å². The van der Waals surface area contributed by atoms with Gasteiger partial charge in [0.05, 0.1) is 37.1 Å². The van der Waals surface area contributed by atoms with E-state index in [0.29, 0.717) is 19.4 Å². The lowest BCUT2D eigenvalue weighted by Crippen LogP contribution is -2.57. The maximum absolute atomic E-state index is 13.4. The number of alkyl halides is 3. The molecule has 218 valence electrons. The lowest BCUT2D eigenvalue weighted by Gasteiger charge is -2.39. The van der Waals surface area contributed by atoms with Gasteiger partial charge in [-0.2, -0.15) is 13.2 Å². The predicted octanol–water partition coefficient (Wildman–Crippen LogP) is 5.75. The summed E-state index contributed by atoms with van der Waals surface area (Å²) in [5, 5.41) is 5.38. The number of carbonyl (C=O) groups excluding carboxylic acids is 2. The number of pyridine rings is 1. The van der Waals surface area contributed by atoms with E-state index in [9.17, 15) is 22.8 Å². The first-order valence-corrected chi connectivity index (χ1v) is 13.3. The van der Waals surface area contributed by atoms with Gasteiger partial charge in [0.2, 0.25) is 0 Å². The molecule has 2 N–H and O–H groups in total. The molecule has 1 aliphatic heterocycles. The second-order valence-corrected chi connectivity index (χ2v) is 11.1. The molecule has 0 atom stereocenters. The highest BCUT2D eigenvalue weighted by molar-refractivity contribution is 5.91. The summed E-state index contributed by atoms with van der Waals surface area (Å²) in [7, 11) is 0. The summed E-state index contributed by atoms with van der Waals surface area (Å²) >= 11 is 0. The Morgan fingerprint density at radius 1 is 1.00 bits per heavy atom. The standard InChI is InChI=1S/C28H35F3N4O5/c1-27(2,3)40-26(37)35-15-22(16-35)39-24-9-4-19(28(29,30)31)14-23(24)34-25(36)33-20-5-7-21(8-6-20)38-17-18-10-12-32-13-11-18/h4,9-14,20-22H,5-8,15-17H2,1-3H3,(H2,33,34,36). The minimum absolute atomic E-state index is 0.0699. The SMILES string of the molecule is CC(C)(C)OC(=O)N1CC(Oc2ccc(C(F)(F)F)cc2NC(=O)NC2CCC(OCc3ccncc3)CC2)C1. The van der Waals surface area contributed by atoms with Crippen LogP contribution in [0, 0.1) is 0 Å². The van der Waals surface area contributed by atoms with E-state index < -0.39 is 35.6 Å². The third kappa shape index (κ3) is 8.48. The van der Waals surface area contributed by atoms with Crippen molar-refractivity contribution < 1.29 is 37.0 Å². The number of hydrogen-bond acceptors (Lipinski definition) is 6. The minimum Gasteiger partial charge on any atom is -0.485 e. The highest BCUT2D eigenvalue weighted by Crippen LogP contribution is 2.36. The number of likely N-dealkylation sites (tertiary alicyclic amines) is 1. The zero-order valence-electron chi connectivity index (χ0n) is 22.8. The van der Waals surface area contributed by atoms with Gasteiger partial charge < -0.3 is 29.7 Å². The van der Waals surface area contributed by atoms with Crippen LogP contribution < -0.4 is 15.4 Å². The molecule has 2 aromatic rings. The fourth-order valence-electron chi connectivity index (χ4n) is 4.49. The lowest BCUT2D eigenvalue weighted by molar-refractivity contribution is -0.137. The van der Waals surface area contributed by atoms with Crippen LogP contribution in [0.4, 0.5) is 28.4 Å². The van der Waals surface area contributed by atoms with Crippen molar-refractivity contribution in [3.05, 3.63) is 53.9 Å². The third-order valence-electron chi connectivity index (χ3n) is 6.59. The van der Waals surface area contributed by atoms with E-state index in [1.165, 1.54) is 11.0 Å². The molecule has 1 aromatic carbocycles. The van der Waals surface area contributed by atoms with Crippen molar-refractivity contribution in [3.8, 4) is 5.75 Å². The Hall–Kier alpha value is -3.54. The molecule has 2 heterocycles. The number of nitrogens with one attached hydrogen (secondary N) is 2. The van der Waals surface area contributed by atoms with Gasteiger partial charge in [-0.15, -0.1) is 0 Å². The van der Waals surface area contributed by atoms with Crippen molar-refractivity contribution in [1.29, 1.82) is 0 Å². The molecular formula is C28H35F3N4O5. The van der Waals surface area contributed by atoms with Crippen molar-refractivity contribution in [3.63, 3.8) is 0 Å². The Morgan fingerprint density at radius 2 is 1.68 bits per heavy atom. The molecule has 0 spiro atoms. The summed E-state index contributed by atoms with van der Waals surface area (Å²) in [5.41, 5.74) is -0.621. The first-order chi connectivity index (χ1) is 18.9. The first kappa shape index (κ1) is 29.4. The maximum Gasteiger partial charge on any atom is 0.416 e. The summed E-state index contributed by atoms with van der Waals surface area (Å²) in [6.45, 7) is 6.19. The number of carbonyl (C=O) groups is 2. The van der Waals surface area contributed by atoms with Crippen molar-refractivity contribution in [2.45, 2.75) is 83.1 Å². The van der Waals surface area contributed by atoms with Gasteiger partial charge in [-0.05, 0) is 82.3 Å². The Kier molecular flexibility index (Phi) is 9.07. The molecule has 0 bridgehead atoms. The van der Waals surface area contributed by atoms with Crippen LogP contribution in [0.2, 0.25) is 0 Å². The van der Waals surface area contributed by atoms with Gasteiger partial charge in [0.15, 0.2) is 0 Å². The topological polar surface area (TPSA) is 102 Å².